The first-order valence-corrected chi connectivity index (χ1v) is 7.83. The third-order valence-corrected chi connectivity index (χ3v) is 4.31. The summed E-state index contributed by atoms with van der Waals surface area (Å²) >= 11 is 7.98. The predicted octanol–water partition coefficient (Wildman–Crippen LogP) is 2.54. The smallest absolute Gasteiger partial charge is 0.252 e. The number of nitrogens with zero attached hydrogens (tertiary/aromatic N) is 1. The molecule has 0 unspecified atom stereocenters. The van der Waals surface area contributed by atoms with E-state index in [0.29, 0.717) is 22.8 Å². The van der Waals surface area contributed by atoms with Gasteiger partial charge in [0.1, 0.15) is 0 Å². The van der Waals surface area contributed by atoms with Crippen molar-refractivity contribution in [2.24, 2.45) is 0 Å². The topological polar surface area (TPSA) is 58.4 Å². The Bertz CT molecular complexity index is 456. The van der Waals surface area contributed by atoms with E-state index in [1.165, 1.54) is 11.5 Å². The minimum atomic E-state index is -0.142. The predicted molar refractivity (Wildman–Crippen MR) is 96.5 cm³/mol. The van der Waals surface area contributed by atoms with Crippen LogP contribution >= 0.6 is 48.2 Å². The number of benzene rings is 1. The van der Waals surface area contributed by atoms with Crippen molar-refractivity contribution in [1.82, 2.24) is 10.2 Å². The number of hydrogen-bond donors (Lipinski definition) is 2. The van der Waals surface area contributed by atoms with Gasteiger partial charge in [0.2, 0.25) is 0 Å². The summed E-state index contributed by atoms with van der Waals surface area (Å²) in [5.41, 5.74) is 6.64. The lowest BCUT2D eigenvalue weighted by molar-refractivity contribution is 0.0949. The number of hydrogen-bond acceptors (Lipinski definition) is 4. The Morgan fingerprint density at radius 1 is 1.33 bits per heavy atom. The van der Waals surface area contributed by atoms with Gasteiger partial charge in [0.25, 0.3) is 5.91 Å². The van der Waals surface area contributed by atoms with Crippen molar-refractivity contribution in [3.8, 4) is 0 Å². The van der Waals surface area contributed by atoms with Gasteiger partial charge in [-0.05, 0) is 18.2 Å². The summed E-state index contributed by atoms with van der Waals surface area (Å²) in [6, 6.07) is 4.94. The van der Waals surface area contributed by atoms with Crippen LogP contribution in [0.5, 0.6) is 0 Å². The van der Waals surface area contributed by atoms with Crippen molar-refractivity contribution >= 4 is 59.8 Å². The molecule has 3 N–H and O–H groups in total. The molecule has 0 saturated carbocycles. The maximum absolute atomic E-state index is 12.0. The SMILES string of the molecule is Cl.Cl.Nc1ccc(C(=O)NCCN2CCSCC2)c(Cl)c1. The standard InChI is InChI=1S/C13H18ClN3OS.2ClH/c14-12-9-10(15)1-2-11(12)13(18)16-3-4-17-5-7-19-8-6-17;;/h1-2,9H,3-8,15H2,(H,16,18);2*1H. The summed E-state index contributed by atoms with van der Waals surface area (Å²) in [6.45, 7) is 3.73. The van der Waals surface area contributed by atoms with Gasteiger partial charge in [0.05, 0.1) is 10.6 Å². The maximum atomic E-state index is 12.0. The number of carbonyl (C=O) groups is 1. The molecule has 1 saturated heterocycles. The minimum absolute atomic E-state index is 0. The van der Waals surface area contributed by atoms with Gasteiger partial charge in [0, 0.05) is 43.4 Å². The summed E-state index contributed by atoms with van der Waals surface area (Å²) in [5, 5.41) is 3.29. The minimum Gasteiger partial charge on any atom is -0.399 e. The van der Waals surface area contributed by atoms with Gasteiger partial charge in [0.15, 0.2) is 0 Å². The fourth-order valence-electron chi connectivity index (χ4n) is 1.96. The van der Waals surface area contributed by atoms with Crippen LogP contribution in [-0.4, -0.2) is 48.5 Å². The van der Waals surface area contributed by atoms with E-state index in [0.717, 1.165) is 19.6 Å². The van der Waals surface area contributed by atoms with E-state index >= 15 is 0 Å². The molecule has 1 aliphatic heterocycles. The van der Waals surface area contributed by atoms with Gasteiger partial charge in [-0.15, -0.1) is 24.8 Å². The molecule has 120 valence electrons. The molecular weight excluding hydrogens is 353 g/mol. The molecule has 8 heteroatoms. The summed E-state index contributed by atoms with van der Waals surface area (Å²) < 4.78 is 0. The van der Waals surface area contributed by atoms with E-state index < -0.39 is 0 Å². The summed E-state index contributed by atoms with van der Waals surface area (Å²) in [4.78, 5) is 14.3. The molecule has 0 aliphatic carbocycles. The Kier molecular flexibility index (Phi) is 10.2. The summed E-state index contributed by atoms with van der Waals surface area (Å²) in [6.07, 6.45) is 0. The van der Waals surface area contributed by atoms with E-state index in [-0.39, 0.29) is 30.7 Å². The Hall–Kier alpha value is -0.330. The Morgan fingerprint density at radius 2 is 2.00 bits per heavy atom. The number of rotatable bonds is 4. The van der Waals surface area contributed by atoms with Crippen molar-refractivity contribution in [3.63, 3.8) is 0 Å². The molecule has 2 rings (SSSR count). The second-order valence-electron chi connectivity index (χ2n) is 4.45. The van der Waals surface area contributed by atoms with Crippen LogP contribution in [0.4, 0.5) is 5.69 Å². The Balaban J connectivity index is 0.00000200. The fourth-order valence-corrected chi connectivity index (χ4v) is 3.22. The maximum Gasteiger partial charge on any atom is 0.252 e. The zero-order valence-corrected chi connectivity index (χ0v) is 14.7. The number of thioether (sulfide) groups is 1. The molecule has 4 nitrogen and oxygen atoms in total. The molecule has 1 aliphatic rings. The number of nitrogen functional groups attached to an aromatic ring is 1. The highest BCUT2D eigenvalue weighted by Crippen LogP contribution is 2.18. The van der Waals surface area contributed by atoms with Gasteiger partial charge < -0.3 is 11.1 Å². The van der Waals surface area contributed by atoms with Crippen LogP contribution in [0.2, 0.25) is 5.02 Å². The highest BCUT2D eigenvalue weighted by atomic mass is 35.5. The third-order valence-electron chi connectivity index (χ3n) is 3.06. The first-order chi connectivity index (χ1) is 9.16. The second-order valence-corrected chi connectivity index (χ2v) is 6.08. The van der Waals surface area contributed by atoms with E-state index in [1.807, 2.05) is 11.8 Å². The number of nitrogens with two attached hydrogens (primary N) is 1. The van der Waals surface area contributed by atoms with Crippen LogP contribution < -0.4 is 11.1 Å². The number of nitrogens with one attached hydrogen (secondary N) is 1. The van der Waals surface area contributed by atoms with Crippen molar-refractivity contribution in [2.45, 2.75) is 0 Å². The van der Waals surface area contributed by atoms with E-state index in [9.17, 15) is 4.79 Å². The van der Waals surface area contributed by atoms with Gasteiger partial charge in [-0.3, -0.25) is 9.69 Å². The largest absolute Gasteiger partial charge is 0.399 e. The van der Waals surface area contributed by atoms with Gasteiger partial charge >= 0.3 is 0 Å². The molecule has 0 bridgehead atoms. The highest BCUT2D eigenvalue weighted by Gasteiger charge is 2.12. The first kappa shape index (κ1) is 20.7. The Morgan fingerprint density at radius 3 is 2.62 bits per heavy atom. The number of amides is 1. The van der Waals surface area contributed by atoms with Crippen molar-refractivity contribution in [2.75, 3.05) is 43.4 Å². The van der Waals surface area contributed by atoms with Crippen LogP contribution in [0.15, 0.2) is 18.2 Å². The van der Waals surface area contributed by atoms with Gasteiger partial charge in [-0.2, -0.15) is 11.8 Å². The monoisotopic (exact) mass is 371 g/mol. The van der Waals surface area contributed by atoms with Crippen LogP contribution in [0.3, 0.4) is 0 Å². The van der Waals surface area contributed by atoms with Crippen molar-refractivity contribution in [3.05, 3.63) is 28.8 Å². The zero-order chi connectivity index (χ0) is 13.7. The quantitative estimate of drug-likeness (QED) is 0.798. The second kappa shape index (κ2) is 10.4. The van der Waals surface area contributed by atoms with Crippen LogP contribution in [-0.2, 0) is 0 Å². The molecule has 0 aromatic heterocycles. The fraction of sp³-hybridized carbons (Fsp3) is 0.462. The van der Waals surface area contributed by atoms with Crippen LogP contribution in [0.25, 0.3) is 0 Å². The molecule has 1 aromatic rings. The average molecular weight is 373 g/mol. The average Bonchev–Trinajstić information content (AvgIpc) is 2.39. The lowest BCUT2D eigenvalue weighted by Gasteiger charge is -2.26. The molecule has 0 radical (unpaired) electrons. The summed E-state index contributed by atoms with van der Waals surface area (Å²) in [7, 11) is 0. The molecule has 1 amide bonds. The molecule has 1 aromatic carbocycles. The van der Waals surface area contributed by atoms with Crippen molar-refractivity contribution in [1.29, 1.82) is 0 Å². The number of carbonyl (C=O) groups excluding carboxylic acids is 1. The number of anilines is 1. The first-order valence-electron chi connectivity index (χ1n) is 6.30. The summed E-state index contributed by atoms with van der Waals surface area (Å²) in [5.74, 6) is 2.21. The van der Waals surface area contributed by atoms with Gasteiger partial charge in [-0.25, -0.2) is 0 Å². The van der Waals surface area contributed by atoms with Crippen molar-refractivity contribution < 1.29 is 4.79 Å². The van der Waals surface area contributed by atoms with E-state index in [2.05, 4.69) is 10.2 Å². The highest BCUT2D eigenvalue weighted by molar-refractivity contribution is 7.99. The van der Waals surface area contributed by atoms with Gasteiger partial charge in [-0.1, -0.05) is 11.6 Å². The van der Waals surface area contributed by atoms with E-state index in [4.69, 9.17) is 17.3 Å². The molecule has 0 spiro atoms. The number of halogens is 3. The zero-order valence-electron chi connectivity index (χ0n) is 11.5. The molecular formula is C13H20Cl3N3OS. The Labute approximate surface area is 147 Å². The molecule has 0 atom stereocenters. The lowest BCUT2D eigenvalue weighted by atomic mass is 10.2. The van der Waals surface area contributed by atoms with Crippen LogP contribution in [0, 0.1) is 0 Å². The lowest BCUT2D eigenvalue weighted by Crippen LogP contribution is -2.39. The molecule has 21 heavy (non-hydrogen) atoms. The van der Waals surface area contributed by atoms with Crippen LogP contribution in [0.1, 0.15) is 10.4 Å². The molecule has 1 fully saturated rings. The molecule has 1 heterocycles. The van der Waals surface area contributed by atoms with E-state index in [1.54, 1.807) is 18.2 Å². The normalized spacial score (nSPS) is 14.7. The third kappa shape index (κ3) is 6.53.